The molecule has 4 heteroatoms. The monoisotopic (exact) mass is 187 g/mol. The Hall–Kier alpha value is -0.610. The molecule has 1 atom stereocenters. The molecule has 76 valence electrons. The lowest BCUT2D eigenvalue weighted by atomic mass is 9.78. The topological polar surface area (TPSA) is 72.5 Å². The summed E-state index contributed by atoms with van der Waals surface area (Å²) in [6.07, 6.45) is 3.31. The third-order valence-corrected chi connectivity index (χ3v) is 2.75. The van der Waals surface area contributed by atoms with E-state index in [1.165, 1.54) is 7.11 Å². The lowest BCUT2D eigenvalue weighted by molar-refractivity contribution is -0.155. The van der Waals surface area contributed by atoms with Crippen LogP contribution in [0.5, 0.6) is 0 Å². The van der Waals surface area contributed by atoms with Crippen molar-refractivity contribution < 1.29 is 14.6 Å². The number of aliphatic hydroxyl groups excluding tert-OH is 1. The van der Waals surface area contributed by atoms with Crippen molar-refractivity contribution in [2.45, 2.75) is 43.7 Å². The minimum absolute atomic E-state index is 0.621. The van der Waals surface area contributed by atoms with Crippen LogP contribution >= 0.6 is 0 Å². The average Bonchev–Trinajstić information content (AvgIpc) is 2.16. The van der Waals surface area contributed by atoms with Crippen LogP contribution in [0.1, 0.15) is 32.1 Å². The lowest BCUT2D eigenvalue weighted by Crippen LogP contribution is -2.55. The highest BCUT2D eigenvalue weighted by atomic mass is 16.5. The highest BCUT2D eigenvalue weighted by Crippen LogP contribution is 2.29. The molecule has 0 aromatic carbocycles. The first kappa shape index (κ1) is 10.5. The van der Waals surface area contributed by atoms with Gasteiger partial charge in [0.25, 0.3) is 0 Å². The Morgan fingerprint density at radius 2 is 2.00 bits per heavy atom. The number of aliphatic hydroxyl groups is 1. The zero-order valence-corrected chi connectivity index (χ0v) is 7.95. The normalized spacial score (nSPS) is 23.6. The molecule has 3 N–H and O–H groups in total. The molecular weight excluding hydrogens is 170 g/mol. The van der Waals surface area contributed by atoms with E-state index in [-0.39, 0.29) is 0 Å². The zero-order chi connectivity index (χ0) is 9.90. The summed E-state index contributed by atoms with van der Waals surface area (Å²) >= 11 is 0. The van der Waals surface area contributed by atoms with Crippen molar-refractivity contribution in [3.05, 3.63) is 0 Å². The molecule has 0 aromatic heterocycles. The number of carbonyl (C=O) groups is 1. The second-order valence-electron chi connectivity index (χ2n) is 3.72. The molecule has 13 heavy (non-hydrogen) atoms. The van der Waals surface area contributed by atoms with Gasteiger partial charge in [-0.1, -0.05) is 19.3 Å². The van der Waals surface area contributed by atoms with E-state index in [1.807, 2.05) is 0 Å². The van der Waals surface area contributed by atoms with Crippen LogP contribution in [0.4, 0.5) is 0 Å². The van der Waals surface area contributed by atoms with Crippen LogP contribution in [0.2, 0.25) is 0 Å². The Labute approximate surface area is 78.1 Å². The quantitative estimate of drug-likeness (QED) is 0.605. The standard InChI is InChI=1S/C9H17NO3/c1-13-8(12)7(11)9(10)5-3-2-4-6-9/h7,11H,2-6,10H2,1H3. The van der Waals surface area contributed by atoms with Crippen LogP contribution in [0.15, 0.2) is 0 Å². The predicted molar refractivity (Wildman–Crippen MR) is 48.0 cm³/mol. The van der Waals surface area contributed by atoms with Crippen LogP contribution in [-0.2, 0) is 9.53 Å². The van der Waals surface area contributed by atoms with Crippen LogP contribution in [-0.4, -0.2) is 29.8 Å². The van der Waals surface area contributed by atoms with Gasteiger partial charge in [0.1, 0.15) is 0 Å². The lowest BCUT2D eigenvalue weighted by Gasteiger charge is -2.35. The van der Waals surface area contributed by atoms with E-state index in [1.54, 1.807) is 0 Å². The number of esters is 1. The van der Waals surface area contributed by atoms with Gasteiger partial charge >= 0.3 is 5.97 Å². The molecule has 4 nitrogen and oxygen atoms in total. The second kappa shape index (κ2) is 4.07. The average molecular weight is 187 g/mol. The Morgan fingerprint density at radius 3 is 2.46 bits per heavy atom. The first-order chi connectivity index (χ1) is 6.10. The highest BCUT2D eigenvalue weighted by molar-refractivity contribution is 5.76. The summed E-state index contributed by atoms with van der Waals surface area (Å²) in [6, 6.07) is 0. The van der Waals surface area contributed by atoms with Gasteiger partial charge in [0.2, 0.25) is 0 Å². The Balaban J connectivity index is 2.61. The van der Waals surface area contributed by atoms with E-state index >= 15 is 0 Å². The van der Waals surface area contributed by atoms with Gasteiger partial charge in [-0.3, -0.25) is 0 Å². The van der Waals surface area contributed by atoms with Crippen molar-refractivity contribution in [2.24, 2.45) is 5.73 Å². The van der Waals surface area contributed by atoms with Crippen LogP contribution in [0.25, 0.3) is 0 Å². The SMILES string of the molecule is COC(=O)C(O)C1(N)CCCCC1. The molecule has 1 saturated carbocycles. The van der Waals surface area contributed by atoms with Crippen molar-refractivity contribution in [3.8, 4) is 0 Å². The maximum absolute atomic E-state index is 11.1. The number of methoxy groups -OCH3 is 1. The van der Waals surface area contributed by atoms with Crippen LogP contribution in [0.3, 0.4) is 0 Å². The van der Waals surface area contributed by atoms with Gasteiger partial charge in [-0.25, -0.2) is 4.79 Å². The van der Waals surface area contributed by atoms with E-state index in [2.05, 4.69) is 4.74 Å². The summed E-state index contributed by atoms with van der Waals surface area (Å²) in [6.45, 7) is 0. The molecule has 0 aromatic rings. The van der Waals surface area contributed by atoms with Crippen molar-refractivity contribution in [1.29, 1.82) is 0 Å². The summed E-state index contributed by atoms with van der Waals surface area (Å²) in [4.78, 5) is 11.1. The summed E-state index contributed by atoms with van der Waals surface area (Å²) < 4.78 is 4.46. The third kappa shape index (κ3) is 2.19. The summed E-state index contributed by atoms with van der Waals surface area (Å²) in [5.74, 6) is -0.621. The van der Waals surface area contributed by atoms with E-state index in [0.717, 1.165) is 19.3 Å². The molecule has 1 unspecified atom stereocenters. The summed E-state index contributed by atoms with van der Waals surface area (Å²) in [5, 5.41) is 9.60. The van der Waals surface area contributed by atoms with Crippen molar-refractivity contribution >= 4 is 5.97 Å². The number of nitrogens with two attached hydrogens (primary N) is 1. The van der Waals surface area contributed by atoms with Crippen molar-refractivity contribution in [2.75, 3.05) is 7.11 Å². The smallest absolute Gasteiger partial charge is 0.336 e. The second-order valence-corrected chi connectivity index (χ2v) is 3.72. The van der Waals surface area contributed by atoms with Crippen molar-refractivity contribution in [3.63, 3.8) is 0 Å². The maximum Gasteiger partial charge on any atom is 0.336 e. The predicted octanol–water partition coefficient (Wildman–Crippen LogP) is 0.182. The third-order valence-electron chi connectivity index (χ3n) is 2.75. The summed E-state index contributed by atoms with van der Waals surface area (Å²) in [7, 11) is 1.26. The van der Waals surface area contributed by atoms with Gasteiger partial charge < -0.3 is 15.6 Å². The van der Waals surface area contributed by atoms with Crippen LogP contribution in [0, 0.1) is 0 Å². The van der Waals surface area contributed by atoms with E-state index in [4.69, 9.17) is 5.73 Å². The molecule has 0 heterocycles. The largest absolute Gasteiger partial charge is 0.467 e. The van der Waals surface area contributed by atoms with Gasteiger partial charge in [-0.05, 0) is 12.8 Å². The summed E-state index contributed by atoms with van der Waals surface area (Å²) in [5.41, 5.74) is 5.17. The van der Waals surface area contributed by atoms with Crippen molar-refractivity contribution in [1.82, 2.24) is 0 Å². The molecule has 0 bridgehead atoms. The molecule has 0 saturated heterocycles. The minimum atomic E-state index is -1.17. The fraction of sp³-hybridized carbons (Fsp3) is 0.889. The van der Waals surface area contributed by atoms with E-state index < -0.39 is 17.6 Å². The fourth-order valence-corrected chi connectivity index (χ4v) is 1.83. The molecule has 1 aliphatic rings. The fourth-order valence-electron chi connectivity index (χ4n) is 1.83. The molecule has 0 aliphatic heterocycles. The highest BCUT2D eigenvalue weighted by Gasteiger charge is 2.39. The molecule has 0 amide bonds. The Morgan fingerprint density at radius 1 is 1.46 bits per heavy atom. The number of ether oxygens (including phenoxy) is 1. The van der Waals surface area contributed by atoms with Gasteiger partial charge in [-0.15, -0.1) is 0 Å². The molecule has 1 aliphatic carbocycles. The first-order valence-electron chi connectivity index (χ1n) is 4.65. The number of hydrogen-bond acceptors (Lipinski definition) is 4. The zero-order valence-electron chi connectivity index (χ0n) is 7.95. The van der Waals surface area contributed by atoms with Gasteiger partial charge in [0.05, 0.1) is 12.6 Å². The molecule has 0 radical (unpaired) electrons. The number of rotatable bonds is 2. The first-order valence-corrected chi connectivity index (χ1v) is 4.65. The van der Waals surface area contributed by atoms with Crippen LogP contribution < -0.4 is 5.73 Å². The maximum atomic E-state index is 11.1. The van der Waals surface area contributed by atoms with Gasteiger partial charge in [0, 0.05) is 0 Å². The Bertz CT molecular complexity index is 187. The molecular formula is C9H17NO3. The minimum Gasteiger partial charge on any atom is -0.467 e. The molecule has 1 rings (SSSR count). The van der Waals surface area contributed by atoms with E-state index in [9.17, 15) is 9.90 Å². The number of carbonyl (C=O) groups excluding carboxylic acids is 1. The Kier molecular flexibility index (Phi) is 3.27. The molecule has 1 fully saturated rings. The van der Waals surface area contributed by atoms with E-state index in [0.29, 0.717) is 12.8 Å². The van der Waals surface area contributed by atoms with Gasteiger partial charge in [-0.2, -0.15) is 0 Å². The molecule has 0 spiro atoms. The number of hydrogen-bond donors (Lipinski definition) is 2. The van der Waals surface area contributed by atoms with Gasteiger partial charge in [0.15, 0.2) is 6.10 Å².